The molecule has 136 valence electrons. The maximum atomic E-state index is 11.3. The Bertz CT molecular complexity index is 282. The molecule has 0 spiro atoms. The third-order valence-corrected chi connectivity index (χ3v) is 4.08. The number of carbonyl (C=O) groups excluding carboxylic acids is 1. The molecule has 0 aromatic carbocycles. The van der Waals surface area contributed by atoms with Crippen LogP contribution in [0.2, 0.25) is 0 Å². The Kier molecular flexibility index (Phi) is 17.0. The lowest BCUT2D eigenvalue weighted by molar-refractivity contribution is -0.141. The number of hydrogen-bond acceptors (Lipinski definition) is 2. The van der Waals surface area contributed by atoms with E-state index in [4.69, 9.17) is 4.74 Å². The molecule has 0 heterocycles. The van der Waals surface area contributed by atoms with E-state index in [1.807, 2.05) is 19.9 Å². The Labute approximate surface area is 145 Å². The van der Waals surface area contributed by atoms with Crippen LogP contribution in [0.15, 0.2) is 12.2 Å². The van der Waals surface area contributed by atoms with E-state index in [1.165, 1.54) is 83.5 Å². The summed E-state index contributed by atoms with van der Waals surface area (Å²) in [5.41, 5.74) is 0. The SMILES string of the molecule is CCCCCCCCCCCCCCCC=CC(=O)OC(C)C. The van der Waals surface area contributed by atoms with Gasteiger partial charge in [-0.15, -0.1) is 0 Å². The van der Waals surface area contributed by atoms with Crippen molar-refractivity contribution in [2.24, 2.45) is 0 Å². The van der Waals surface area contributed by atoms with Gasteiger partial charge < -0.3 is 4.74 Å². The van der Waals surface area contributed by atoms with Crippen LogP contribution < -0.4 is 0 Å². The molecule has 0 saturated heterocycles. The minimum Gasteiger partial charge on any atom is -0.460 e. The van der Waals surface area contributed by atoms with Crippen molar-refractivity contribution in [3.8, 4) is 0 Å². The number of rotatable bonds is 16. The molecule has 0 aliphatic heterocycles. The van der Waals surface area contributed by atoms with Crippen LogP contribution in [0.25, 0.3) is 0 Å². The highest BCUT2D eigenvalue weighted by Crippen LogP contribution is 2.13. The van der Waals surface area contributed by atoms with Crippen molar-refractivity contribution in [2.75, 3.05) is 0 Å². The smallest absolute Gasteiger partial charge is 0.330 e. The minimum absolute atomic E-state index is 0.0245. The molecule has 0 aromatic rings. The van der Waals surface area contributed by atoms with Crippen LogP contribution in [-0.4, -0.2) is 12.1 Å². The minimum atomic E-state index is -0.213. The van der Waals surface area contributed by atoms with Gasteiger partial charge in [-0.3, -0.25) is 0 Å². The number of unbranched alkanes of at least 4 members (excludes halogenated alkanes) is 13. The molecule has 0 aliphatic rings. The average Bonchev–Trinajstić information content (AvgIpc) is 2.50. The predicted octanol–water partition coefficient (Wildman–Crippen LogP) is 6.98. The summed E-state index contributed by atoms with van der Waals surface area (Å²) < 4.78 is 5.04. The van der Waals surface area contributed by atoms with Crippen LogP contribution >= 0.6 is 0 Å². The lowest BCUT2D eigenvalue weighted by Crippen LogP contribution is -2.08. The number of allylic oxidation sites excluding steroid dienone is 1. The molecule has 0 rings (SSSR count). The number of ether oxygens (including phenoxy) is 1. The summed E-state index contributed by atoms with van der Waals surface area (Å²) in [5, 5.41) is 0. The summed E-state index contributed by atoms with van der Waals surface area (Å²) in [6.07, 6.45) is 22.4. The molecule has 0 aliphatic carbocycles. The van der Waals surface area contributed by atoms with E-state index >= 15 is 0 Å². The third-order valence-electron chi connectivity index (χ3n) is 4.08. The summed E-state index contributed by atoms with van der Waals surface area (Å²) in [5.74, 6) is -0.213. The van der Waals surface area contributed by atoms with Crippen molar-refractivity contribution in [3.63, 3.8) is 0 Å². The normalized spacial score (nSPS) is 11.5. The molecule has 2 nitrogen and oxygen atoms in total. The van der Waals surface area contributed by atoms with E-state index in [2.05, 4.69) is 6.92 Å². The standard InChI is InChI=1S/C21H40O2/c1-4-5-6-7-8-9-10-11-12-13-14-15-16-17-18-19-21(22)23-20(2)3/h18-20H,4-17H2,1-3H3. The first kappa shape index (κ1) is 22.2. The molecular formula is C21H40O2. The lowest BCUT2D eigenvalue weighted by atomic mass is 10.0. The van der Waals surface area contributed by atoms with Gasteiger partial charge in [0.1, 0.15) is 0 Å². The van der Waals surface area contributed by atoms with Gasteiger partial charge in [0.15, 0.2) is 0 Å². The highest BCUT2D eigenvalue weighted by Gasteiger charge is 1.99. The van der Waals surface area contributed by atoms with Gasteiger partial charge in [0.25, 0.3) is 0 Å². The first-order chi connectivity index (χ1) is 11.2. The quantitative estimate of drug-likeness (QED) is 0.174. The van der Waals surface area contributed by atoms with Crippen LogP contribution in [0.4, 0.5) is 0 Å². The topological polar surface area (TPSA) is 26.3 Å². The van der Waals surface area contributed by atoms with E-state index in [1.54, 1.807) is 6.08 Å². The Balaban J connectivity index is 3.16. The first-order valence-corrected chi connectivity index (χ1v) is 10.0. The largest absolute Gasteiger partial charge is 0.460 e. The van der Waals surface area contributed by atoms with Crippen LogP contribution in [-0.2, 0) is 9.53 Å². The Morgan fingerprint density at radius 2 is 1.22 bits per heavy atom. The van der Waals surface area contributed by atoms with Crippen LogP contribution in [0.5, 0.6) is 0 Å². The first-order valence-electron chi connectivity index (χ1n) is 10.0. The molecule has 0 atom stereocenters. The van der Waals surface area contributed by atoms with Crippen molar-refractivity contribution in [1.82, 2.24) is 0 Å². The molecule has 0 aromatic heterocycles. The van der Waals surface area contributed by atoms with Gasteiger partial charge in [-0.2, -0.15) is 0 Å². The average molecular weight is 325 g/mol. The zero-order valence-corrected chi connectivity index (χ0v) is 15.9. The second-order valence-corrected chi connectivity index (χ2v) is 6.92. The molecule has 0 unspecified atom stereocenters. The molecule has 0 radical (unpaired) electrons. The van der Waals surface area contributed by atoms with E-state index in [0.717, 1.165) is 6.42 Å². The maximum absolute atomic E-state index is 11.3. The summed E-state index contributed by atoms with van der Waals surface area (Å²) >= 11 is 0. The molecular weight excluding hydrogens is 284 g/mol. The zero-order valence-electron chi connectivity index (χ0n) is 15.9. The van der Waals surface area contributed by atoms with Crippen LogP contribution in [0, 0.1) is 0 Å². The summed E-state index contributed by atoms with van der Waals surface area (Å²) in [6.45, 7) is 6.02. The number of carbonyl (C=O) groups is 1. The Hall–Kier alpha value is -0.790. The van der Waals surface area contributed by atoms with E-state index < -0.39 is 0 Å². The highest BCUT2D eigenvalue weighted by molar-refractivity contribution is 5.81. The van der Waals surface area contributed by atoms with Crippen molar-refractivity contribution in [3.05, 3.63) is 12.2 Å². The van der Waals surface area contributed by atoms with Crippen molar-refractivity contribution >= 4 is 5.97 Å². The zero-order chi connectivity index (χ0) is 17.2. The van der Waals surface area contributed by atoms with Gasteiger partial charge in [0.2, 0.25) is 0 Å². The highest BCUT2D eigenvalue weighted by atomic mass is 16.5. The predicted molar refractivity (Wildman–Crippen MR) is 101 cm³/mol. The second kappa shape index (κ2) is 17.6. The lowest BCUT2D eigenvalue weighted by Gasteiger charge is -2.04. The maximum Gasteiger partial charge on any atom is 0.330 e. The summed E-state index contributed by atoms with van der Waals surface area (Å²) in [7, 11) is 0. The summed E-state index contributed by atoms with van der Waals surface area (Å²) in [6, 6.07) is 0. The van der Waals surface area contributed by atoms with Gasteiger partial charge in [-0.05, 0) is 26.7 Å². The van der Waals surface area contributed by atoms with Crippen molar-refractivity contribution in [1.29, 1.82) is 0 Å². The monoisotopic (exact) mass is 324 g/mol. The second-order valence-electron chi connectivity index (χ2n) is 6.92. The molecule has 0 bridgehead atoms. The fraction of sp³-hybridized carbons (Fsp3) is 0.857. The summed E-state index contributed by atoms with van der Waals surface area (Å²) in [4.78, 5) is 11.3. The molecule has 0 saturated carbocycles. The van der Waals surface area contributed by atoms with Crippen molar-refractivity contribution < 1.29 is 9.53 Å². The fourth-order valence-electron chi connectivity index (χ4n) is 2.73. The molecule has 0 N–H and O–H groups in total. The molecule has 0 fully saturated rings. The van der Waals surface area contributed by atoms with Crippen molar-refractivity contribution in [2.45, 2.75) is 117 Å². The van der Waals surface area contributed by atoms with Gasteiger partial charge in [0, 0.05) is 6.08 Å². The molecule has 0 amide bonds. The molecule has 23 heavy (non-hydrogen) atoms. The number of esters is 1. The van der Waals surface area contributed by atoms with Crippen LogP contribution in [0.3, 0.4) is 0 Å². The van der Waals surface area contributed by atoms with E-state index in [0.29, 0.717) is 0 Å². The van der Waals surface area contributed by atoms with Crippen LogP contribution in [0.1, 0.15) is 111 Å². The van der Waals surface area contributed by atoms with Gasteiger partial charge in [0.05, 0.1) is 6.10 Å². The van der Waals surface area contributed by atoms with E-state index in [9.17, 15) is 4.79 Å². The Morgan fingerprint density at radius 3 is 1.65 bits per heavy atom. The van der Waals surface area contributed by atoms with Gasteiger partial charge >= 0.3 is 5.97 Å². The Morgan fingerprint density at radius 1 is 0.783 bits per heavy atom. The fourth-order valence-corrected chi connectivity index (χ4v) is 2.73. The number of hydrogen-bond donors (Lipinski definition) is 0. The van der Waals surface area contributed by atoms with Gasteiger partial charge in [-0.1, -0.05) is 90.0 Å². The van der Waals surface area contributed by atoms with E-state index in [-0.39, 0.29) is 12.1 Å². The van der Waals surface area contributed by atoms with Gasteiger partial charge in [-0.25, -0.2) is 4.79 Å². The molecule has 2 heteroatoms. The third kappa shape index (κ3) is 19.2.